The van der Waals surface area contributed by atoms with Gasteiger partial charge >= 0.3 is 0 Å². The number of furan rings is 2. The molecule has 0 fully saturated rings. The molecule has 0 radical (unpaired) electrons. The predicted octanol–water partition coefficient (Wildman–Crippen LogP) is 3.78. The van der Waals surface area contributed by atoms with Crippen LogP contribution >= 0.6 is 11.8 Å². The Kier molecular flexibility index (Phi) is 6.98. The molecule has 0 spiro atoms. The number of amides is 1. The molecular formula is C20H22N2O3S. The van der Waals surface area contributed by atoms with E-state index in [1.807, 2.05) is 47.4 Å². The van der Waals surface area contributed by atoms with Gasteiger partial charge in [0, 0.05) is 17.2 Å². The van der Waals surface area contributed by atoms with E-state index in [1.54, 1.807) is 24.3 Å². The molecule has 0 aliphatic carbocycles. The highest BCUT2D eigenvalue weighted by atomic mass is 32.2. The smallest absolute Gasteiger partial charge is 0.234 e. The summed E-state index contributed by atoms with van der Waals surface area (Å²) in [5.74, 6) is 2.48. The fourth-order valence-corrected chi connectivity index (χ4v) is 3.34. The minimum absolute atomic E-state index is 0.00299. The zero-order valence-electron chi connectivity index (χ0n) is 14.5. The number of benzene rings is 1. The van der Waals surface area contributed by atoms with Crippen molar-refractivity contribution in [3.8, 4) is 0 Å². The molecule has 3 rings (SSSR count). The Morgan fingerprint density at radius 1 is 0.923 bits per heavy atom. The van der Waals surface area contributed by atoms with E-state index in [4.69, 9.17) is 8.83 Å². The third-order valence-corrected chi connectivity index (χ3v) is 4.74. The van der Waals surface area contributed by atoms with Crippen molar-refractivity contribution in [2.45, 2.75) is 18.0 Å². The van der Waals surface area contributed by atoms with Gasteiger partial charge in [-0.25, -0.2) is 0 Å². The van der Waals surface area contributed by atoms with Gasteiger partial charge in [-0.3, -0.25) is 9.69 Å². The molecular weight excluding hydrogens is 348 g/mol. The van der Waals surface area contributed by atoms with Crippen LogP contribution < -0.4 is 5.32 Å². The second kappa shape index (κ2) is 9.89. The highest BCUT2D eigenvalue weighted by Crippen LogP contribution is 2.15. The zero-order valence-corrected chi connectivity index (χ0v) is 15.3. The summed E-state index contributed by atoms with van der Waals surface area (Å²) < 4.78 is 10.8. The van der Waals surface area contributed by atoms with E-state index < -0.39 is 0 Å². The molecule has 0 aliphatic heterocycles. The van der Waals surface area contributed by atoms with E-state index in [0.717, 1.165) is 17.3 Å². The van der Waals surface area contributed by atoms with Crippen molar-refractivity contribution in [1.29, 1.82) is 0 Å². The Morgan fingerprint density at radius 3 is 2.15 bits per heavy atom. The molecule has 0 atom stereocenters. The SMILES string of the molecule is O=C(CN(Cc1ccco1)Cc1ccco1)NCCSc1ccccc1. The van der Waals surface area contributed by atoms with Crippen molar-refractivity contribution in [3.63, 3.8) is 0 Å². The summed E-state index contributed by atoms with van der Waals surface area (Å²) in [4.78, 5) is 15.5. The highest BCUT2D eigenvalue weighted by molar-refractivity contribution is 7.99. The molecule has 0 saturated carbocycles. The van der Waals surface area contributed by atoms with Crippen LogP contribution in [0.2, 0.25) is 0 Å². The first-order valence-corrected chi connectivity index (χ1v) is 9.50. The van der Waals surface area contributed by atoms with Gasteiger partial charge in [0.15, 0.2) is 0 Å². The van der Waals surface area contributed by atoms with Crippen molar-refractivity contribution in [3.05, 3.63) is 78.6 Å². The Morgan fingerprint density at radius 2 is 1.58 bits per heavy atom. The summed E-state index contributed by atoms with van der Waals surface area (Å²) in [5.41, 5.74) is 0. The van der Waals surface area contributed by atoms with Crippen molar-refractivity contribution in [2.24, 2.45) is 0 Å². The molecule has 26 heavy (non-hydrogen) atoms. The molecule has 5 nitrogen and oxygen atoms in total. The molecule has 1 amide bonds. The van der Waals surface area contributed by atoms with Crippen LogP contribution in [0.5, 0.6) is 0 Å². The number of carbonyl (C=O) groups excluding carboxylic acids is 1. The van der Waals surface area contributed by atoms with Gasteiger partial charge < -0.3 is 14.2 Å². The molecule has 3 aromatic rings. The third-order valence-electron chi connectivity index (χ3n) is 3.72. The maximum Gasteiger partial charge on any atom is 0.234 e. The minimum Gasteiger partial charge on any atom is -0.468 e. The Bertz CT molecular complexity index is 721. The average molecular weight is 370 g/mol. The first-order chi connectivity index (χ1) is 12.8. The maximum atomic E-state index is 12.3. The quantitative estimate of drug-likeness (QED) is 0.435. The largest absolute Gasteiger partial charge is 0.468 e. The summed E-state index contributed by atoms with van der Waals surface area (Å²) in [6.07, 6.45) is 3.28. The van der Waals surface area contributed by atoms with E-state index in [9.17, 15) is 4.79 Å². The maximum absolute atomic E-state index is 12.3. The molecule has 136 valence electrons. The van der Waals surface area contributed by atoms with Crippen molar-refractivity contribution >= 4 is 17.7 Å². The normalized spacial score (nSPS) is 11.0. The average Bonchev–Trinajstić information content (AvgIpc) is 3.34. The number of thioether (sulfide) groups is 1. The van der Waals surface area contributed by atoms with Crippen LogP contribution in [-0.2, 0) is 17.9 Å². The number of hydrogen-bond acceptors (Lipinski definition) is 5. The van der Waals surface area contributed by atoms with E-state index >= 15 is 0 Å². The van der Waals surface area contributed by atoms with E-state index in [0.29, 0.717) is 19.6 Å². The second-order valence-electron chi connectivity index (χ2n) is 5.82. The lowest BCUT2D eigenvalue weighted by molar-refractivity contribution is -0.122. The van der Waals surface area contributed by atoms with Crippen LogP contribution in [-0.4, -0.2) is 29.6 Å². The Balaban J connectivity index is 1.45. The summed E-state index contributed by atoms with van der Waals surface area (Å²) in [6, 6.07) is 17.7. The lowest BCUT2D eigenvalue weighted by Crippen LogP contribution is -2.37. The van der Waals surface area contributed by atoms with Gasteiger partial charge in [-0.15, -0.1) is 11.8 Å². The Hall–Kier alpha value is -2.44. The predicted molar refractivity (Wildman–Crippen MR) is 102 cm³/mol. The molecule has 0 aliphatic rings. The molecule has 6 heteroatoms. The molecule has 0 bridgehead atoms. The van der Waals surface area contributed by atoms with E-state index in [-0.39, 0.29) is 12.5 Å². The Labute approximate surface area is 157 Å². The lowest BCUT2D eigenvalue weighted by Gasteiger charge is -2.19. The third kappa shape index (κ3) is 6.13. The minimum atomic E-state index is -0.00299. The monoisotopic (exact) mass is 370 g/mol. The van der Waals surface area contributed by atoms with Crippen LogP contribution in [0.15, 0.2) is 80.9 Å². The van der Waals surface area contributed by atoms with Gasteiger partial charge in [0.2, 0.25) is 5.91 Å². The summed E-state index contributed by atoms with van der Waals surface area (Å²) in [6.45, 7) is 2.03. The second-order valence-corrected chi connectivity index (χ2v) is 6.98. The summed E-state index contributed by atoms with van der Waals surface area (Å²) >= 11 is 1.73. The van der Waals surface area contributed by atoms with Crippen molar-refractivity contribution < 1.29 is 13.6 Å². The zero-order chi connectivity index (χ0) is 18.0. The first-order valence-electron chi connectivity index (χ1n) is 8.51. The van der Waals surface area contributed by atoms with Gasteiger partial charge in [0.25, 0.3) is 0 Å². The number of nitrogens with one attached hydrogen (secondary N) is 1. The van der Waals surface area contributed by atoms with Gasteiger partial charge in [0.05, 0.1) is 32.2 Å². The number of nitrogens with zero attached hydrogens (tertiary/aromatic N) is 1. The van der Waals surface area contributed by atoms with Gasteiger partial charge in [0.1, 0.15) is 11.5 Å². The standard InChI is InChI=1S/C20H22N2O3S/c23-20(21-10-13-26-19-8-2-1-3-9-19)16-22(14-17-6-4-11-24-17)15-18-7-5-12-25-18/h1-9,11-12H,10,13-16H2,(H,21,23). The van der Waals surface area contributed by atoms with E-state index in [2.05, 4.69) is 17.4 Å². The van der Waals surface area contributed by atoms with Crippen LogP contribution in [0, 0.1) is 0 Å². The van der Waals surface area contributed by atoms with Gasteiger partial charge in [-0.2, -0.15) is 0 Å². The number of rotatable bonds is 10. The summed E-state index contributed by atoms with van der Waals surface area (Å²) in [5, 5.41) is 2.98. The molecule has 0 saturated heterocycles. The molecule has 0 unspecified atom stereocenters. The highest BCUT2D eigenvalue weighted by Gasteiger charge is 2.14. The number of hydrogen-bond donors (Lipinski definition) is 1. The summed E-state index contributed by atoms with van der Waals surface area (Å²) in [7, 11) is 0. The molecule has 1 aromatic carbocycles. The van der Waals surface area contributed by atoms with Crippen LogP contribution in [0.3, 0.4) is 0 Å². The number of carbonyl (C=O) groups is 1. The lowest BCUT2D eigenvalue weighted by atomic mass is 10.3. The molecule has 1 N–H and O–H groups in total. The topological polar surface area (TPSA) is 58.6 Å². The molecule has 2 aromatic heterocycles. The molecule has 2 heterocycles. The van der Waals surface area contributed by atoms with Crippen LogP contribution in [0.4, 0.5) is 0 Å². The fraction of sp³-hybridized carbons (Fsp3) is 0.250. The van der Waals surface area contributed by atoms with Gasteiger partial charge in [-0.1, -0.05) is 18.2 Å². The first kappa shape index (κ1) is 18.4. The van der Waals surface area contributed by atoms with Crippen molar-refractivity contribution in [2.75, 3.05) is 18.8 Å². The van der Waals surface area contributed by atoms with Crippen LogP contribution in [0.1, 0.15) is 11.5 Å². The van der Waals surface area contributed by atoms with E-state index in [1.165, 1.54) is 4.90 Å². The fourth-order valence-electron chi connectivity index (χ4n) is 2.55. The van der Waals surface area contributed by atoms with Crippen molar-refractivity contribution in [1.82, 2.24) is 10.2 Å². The van der Waals surface area contributed by atoms with Crippen LogP contribution in [0.25, 0.3) is 0 Å². The van der Waals surface area contributed by atoms with Gasteiger partial charge in [-0.05, 0) is 36.4 Å².